The fourth-order valence-electron chi connectivity index (χ4n) is 3.50. The fourth-order valence-corrected chi connectivity index (χ4v) is 3.84. The average Bonchev–Trinajstić information content (AvgIpc) is 3.14. The van der Waals surface area contributed by atoms with E-state index in [9.17, 15) is 20.4 Å². The zero-order valence-electron chi connectivity index (χ0n) is 16.3. The molecule has 2 heterocycles. The number of nitrogen functional groups attached to an aromatic ring is 1. The van der Waals surface area contributed by atoms with Gasteiger partial charge in [0.2, 0.25) is 0 Å². The molecule has 0 spiro atoms. The second-order valence-corrected chi connectivity index (χ2v) is 7.75. The Morgan fingerprint density at radius 1 is 0.844 bits per heavy atom. The number of aromatic hydroxyl groups is 4. The van der Waals surface area contributed by atoms with Crippen molar-refractivity contribution >= 4 is 52.6 Å². The summed E-state index contributed by atoms with van der Waals surface area (Å²) in [4.78, 5) is 12.4. The van der Waals surface area contributed by atoms with Gasteiger partial charge in [-0.25, -0.2) is 15.0 Å². The topological polar surface area (TPSA) is 151 Å². The lowest BCUT2D eigenvalue weighted by atomic mass is 9.87. The maximum atomic E-state index is 10.5. The summed E-state index contributed by atoms with van der Waals surface area (Å²) in [6, 6.07) is 5.10. The fraction of sp³-hybridized carbons (Fsp3) is 0.150. The molecule has 2 aromatic carbocycles. The molecule has 0 aliphatic rings. The van der Waals surface area contributed by atoms with Crippen LogP contribution in [-0.2, 0) is 6.54 Å². The Morgan fingerprint density at radius 3 is 1.97 bits per heavy atom. The number of rotatable bonds is 5. The summed E-state index contributed by atoms with van der Waals surface area (Å²) in [5.74, 6) is -1.32. The van der Waals surface area contributed by atoms with E-state index in [1.54, 1.807) is 10.9 Å². The van der Waals surface area contributed by atoms with Crippen molar-refractivity contribution in [1.82, 2.24) is 19.5 Å². The van der Waals surface area contributed by atoms with Gasteiger partial charge in [-0.3, -0.25) is 0 Å². The van der Waals surface area contributed by atoms with Crippen LogP contribution < -0.4 is 5.73 Å². The van der Waals surface area contributed by atoms with Gasteiger partial charge in [0.1, 0.15) is 34.8 Å². The molecule has 0 saturated heterocycles. The molecule has 0 amide bonds. The molecule has 0 unspecified atom stereocenters. The third-order valence-corrected chi connectivity index (χ3v) is 5.64. The highest BCUT2D eigenvalue weighted by Crippen LogP contribution is 2.44. The molecule has 168 valence electrons. The van der Waals surface area contributed by atoms with Crippen molar-refractivity contribution in [2.45, 2.75) is 18.9 Å². The number of fused-ring (bicyclic) bond motifs is 1. The molecule has 2 aromatic heterocycles. The van der Waals surface area contributed by atoms with Gasteiger partial charge in [-0.15, -0.1) is 12.4 Å². The molecule has 32 heavy (non-hydrogen) atoms. The predicted molar refractivity (Wildman–Crippen MR) is 123 cm³/mol. The van der Waals surface area contributed by atoms with E-state index in [0.717, 1.165) is 12.1 Å². The predicted octanol–water partition coefficient (Wildman–Crippen LogP) is 4.18. The lowest BCUT2D eigenvalue weighted by Crippen LogP contribution is -2.08. The first-order valence-electron chi connectivity index (χ1n) is 9.10. The van der Waals surface area contributed by atoms with Gasteiger partial charge in [-0.05, 0) is 18.6 Å². The van der Waals surface area contributed by atoms with Crippen molar-refractivity contribution in [2.24, 2.45) is 0 Å². The van der Waals surface area contributed by atoms with E-state index in [4.69, 9.17) is 28.9 Å². The zero-order chi connectivity index (χ0) is 22.3. The molecule has 0 atom stereocenters. The number of hydrogen-bond donors (Lipinski definition) is 5. The summed E-state index contributed by atoms with van der Waals surface area (Å²) in [6.07, 6.45) is 3.25. The summed E-state index contributed by atoms with van der Waals surface area (Å²) in [7, 11) is 0. The minimum absolute atomic E-state index is 0. The Balaban J connectivity index is 0.00000289. The Hall–Kier alpha value is -3.14. The number of nitrogens with two attached hydrogens (primary N) is 1. The molecule has 0 fully saturated rings. The molecular formula is C20H18Cl3N5O4. The molecule has 9 nitrogen and oxygen atoms in total. The zero-order valence-corrected chi connectivity index (χ0v) is 18.6. The van der Waals surface area contributed by atoms with E-state index in [0.29, 0.717) is 35.3 Å². The number of aromatic nitrogens is 4. The van der Waals surface area contributed by atoms with Crippen molar-refractivity contribution in [3.63, 3.8) is 0 Å². The number of aryl methyl sites for hydroxylation is 1. The van der Waals surface area contributed by atoms with Gasteiger partial charge >= 0.3 is 0 Å². The molecule has 0 saturated carbocycles. The highest BCUT2D eigenvalue weighted by atomic mass is 35.5. The summed E-state index contributed by atoms with van der Waals surface area (Å²) < 4.78 is 1.76. The molecule has 0 radical (unpaired) electrons. The van der Waals surface area contributed by atoms with Crippen molar-refractivity contribution in [3.05, 3.63) is 58.1 Å². The smallest absolute Gasteiger partial charge is 0.165 e. The van der Waals surface area contributed by atoms with Gasteiger partial charge in [-0.1, -0.05) is 23.2 Å². The Labute approximate surface area is 198 Å². The summed E-state index contributed by atoms with van der Waals surface area (Å²) >= 11 is 12.1. The number of anilines is 1. The second kappa shape index (κ2) is 9.15. The Kier molecular flexibility index (Phi) is 6.73. The van der Waals surface area contributed by atoms with Crippen LogP contribution in [0.1, 0.15) is 23.5 Å². The van der Waals surface area contributed by atoms with Crippen LogP contribution in [0, 0.1) is 0 Å². The average molecular weight is 499 g/mol. The van der Waals surface area contributed by atoms with Crippen LogP contribution in [0.2, 0.25) is 10.0 Å². The molecule has 0 bridgehead atoms. The lowest BCUT2D eigenvalue weighted by Gasteiger charge is -2.21. The van der Waals surface area contributed by atoms with E-state index in [-0.39, 0.29) is 51.3 Å². The maximum absolute atomic E-state index is 10.5. The third kappa shape index (κ3) is 4.27. The number of halogens is 3. The van der Waals surface area contributed by atoms with Crippen molar-refractivity contribution < 1.29 is 20.4 Å². The first-order valence-corrected chi connectivity index (χ1v) is 9.86. The first kappa shape index (κ1) is 23.5. The van der Waals surface area contributed by atoms with Crippen molar-refractivity contribution in [2.75, 3.05) is 5.73 Å². The quantitative estimate of drug-likeness (QED) is 0.275. The third-order valence-electron chi connectivity index (χ3n) is 5.03. The number of phenols is 4. The van der Waals surface area contributed by atoms with Gasteiger partial charge in [-0.2, -0.15) is 0 Å². The molecule has 4 rings (SSSR count). The van der Waals surface area contributed by atoms with Gasteiger partial charge < -0.3 is 30.7 Å². The molecule has 0 aliphatic carbocycles. The van der Waals surface area contributed by atoms with E-state index < -0.39 is 5.92 Å². The number of benzene rings is 2. The van der Waals surface area contributed by atoms with Crippen LogP contribution in [0.5, 0.6) is 23.0 Å². The Morgan fingerprint density at radius 2 is 1.41 bits per heavy atom. The van der Waals surface area contributed by atoms with E-state index in [2.05, 4.69) is 15.0 Å². The summed E-state index contributed by atoms with van der Waals surface area (Å²) in [5.41, 5.74) is 7.56. The highest BCUT2D eigenvalue weighted by Gasteiger charge is 2.24. The SMILES string of the molecule is Cl.Nc1ncnc2c1ncn2CCC(c1cc(Cl)c(O)cc1O)c1cc(Cl)c(O)cc1O. The van der Waals surface area contributed by atoms with Crippen LogP contribution in [0.15, 0.2) is 36.9 Å². The largest absolute Gasteiger partial charge is 0.508 e. The van der Waals surface area contributed by atoms with Gasteiger partial charge in [0.15, 0.2) is 11.5 Å². The van der Waals surface area contributed by atoms with Crippen LogP contribution in [0.4, 0.5) is 5.82 Å². The van der Waals surface area contributed by atoms with Crippen molar-refractivity contribution in [3.8, 4) is 23.0 Å². The molecule has 4 aromatic rings. The number of phenolic OH excluding ortho intramolecular Hbond substituents is 4. The number of imidazole rings is 1. The van der Waals surface area contributed by atoms with E-state index in [1.807, 2.05) is 0 Å². The summed E-state index contributed by atoms with van der Waals surface area (Å²) in [6.45, 7) is 0.369. The molecule has 12 heteroatoms. The Bertz CT molecular complexity index is 1240. The highest BCUT2D eigenvalue weighted by molar-refractivity contribution is 6.32. The molecular weight excluding hydrogens is 481 g/mol. The second-order valence-electron chi connectivity index (χ2n) is 6.94. The minimum Gasteiger partial charge on any atom is -0.508 e. The van der Waals surface area contributed by atoms with Crippen LogP contribution in [-0.4, -0.2) is 39.9 Å². The van der Waals surface area contributed by atoms with Crippen LogP contribution in [0.25, 0.3) is 11.2 Å². The lowest BCUT2D eigenvalue weighted by molar-refractivity contribution is 0.432. The monoisotopic (exact) mass is 497 g/mol. The van der Waals surface area contributed by atoms with Crippen LogP contribution >= 0.6 is 35.6 Å². The van der Waals surface area contributed by atoms with Gasteiger partial charge in [0.05, 0.1) is 16.4 Å². The summed E-state index contributed by atoms with van der Waals surface area (Å²) in [5, 5.41) is 40.7. The van der Waals surface area contributed by atoms with Crippen LogP contribution in [0.3, 0.4) is 0 Å². The molecule has 6 N–H and O–H groups in total. The van der Waals surface area contributed by atoms with Crippen molar-refractivity contribution in [1.29, 1.82) is 0 Å². The standard InChI is InChI=1S/C20H17Cl2N5O4.ClH/c21-12-3-10(14(28)5-16(12)30)9(11-4-13(22)17(31)6-15(11)29)1-2-27-8-26-18-19(23)24-7-25-20(18)27;/h3-9,28-31H,1-2H2,(H2,23,24,25);1H. The van der Waals surface area contributed by atoms with E-state index >= 15 is 0 Å². The number of hydrogen-bond acceptors (Lipinski definition) is 8. The molecule has 0 aliphatic heterocycles. The normalized spacial score (nSPS) is 11.1. The van der Waals surface area contributed by atoms with E-state index in [1.165, 1.54) is 18.5 Å². The number of nitrogens with zero attached hydrogens (tertiary/aromatic N) is 4. The maximum Gasteiger partial charge on any atom is 0.165 e. The first-order chi connectivity index (χ1) is 14.8. The minimum atomic E-state index is -0.604. The van der Waals surface area contributed by atoms with Gasteiger partial charge in [0.25, 0.3) is 0 Å². The van der Waals surface area contributed by atoms with Gasteiger partial charge in [0, 0.05) is 35.7 Å².